The van der Waals surface area contributed by atoms with Crippen LogP contribution >= 0.6 is 23.4 Å². The van der Waals surface area contributed by atoms with Gasteiger partial charge in [0, 0.05) is 24.6 Å². The van der Waals surface area contributed by atoms with E-state index in [1.54, 1.807) is 6.33 Å². The van der Waals surface area contributed by atoms with Crippen LogP contribution in [-0.4, -0.2) is 51.8 Å². The van der Waals surface area contributed by atoms with Crippen LogP contribution in [0.25, 0.3) is 0 Å². The first-order valence-corrected chi connectivity index (χ1v) is 9.17. The van der Waals surface area contributed by atoms with Crippen molar-refractivity contribution in [1.29, 1.82) is 0 Å². The molecule has 3 rings (SSSR count). The fourth-order valence-electron chi connectivity index (χ4n) is 2.68. The van der Waals surface area contributed by atoms with Gasteiger partial charge in [-0.25, -0.2) is 4.98 Å². The molecule has 1 aliphatic rings. The summed E-state index contributed by atoms with van der Waals surface area (Å²) in [5, 5.41) is 9.35. The van der Waals surface area contributed by atoms with E-state index < -0.39 is 0 Å². The topological polar surface area (TPSA) is 79.1 Å². The molecule has 1 aliphatic heterocycles. The summed E-state index contributed by atoms with van der Waals surface area (Å²) in [6, 6.07) is 3.90. The van der Waals surface area contributed by atoms with Crippen LogP contribution in [0.4, 0.5) is 0 Å². The highest BCUT2D eigenvalue weighted by Gasteiger charge is 2.42. The molecule has 0 amide bonds. The predicted molar refractivity (Wildman–Crippen MR) is 93.8 cm³/mol. The number of rotatable bonds is 7. The first-order chi connectivity index (χ1) is 12.0. The van der Waals surface area contributed by atoms with Gasteiger partial charge in [0.2, 0.25) is 0 Å². The Bertz CT molecular complexity index is 764. The van der Waals surface area contributed by atoms with Crippen LogP contribution in [0.15, 0.2) is 23.5 Å². The third-order valence-corrected chi connectivity index (χ3v) is 5.33. The molecule has 0 atom stereocenters. The van der Waals surface area contributed by atoms with Gasteiger partial charge < -0.3 is 14.0 Å². The lowest BCUT2D eigenvalue weighted by molar-refractivity contribution is -0.140. The minimum atomic E-state index is -0.235. The molecule has 0 bridgehead atoms. The fourth-order valence-corrected chi connectivity index (χ4v) is 3.79. The summed E-state index contributed by atoms with van der Waals surface area (Å²) in [7, 11) is 3.31. The summed E-state index contributed by atoms with van der Waals surface area (Å²) >= 11 is 7.71. The number of carbonyl (C=O) groups excluding carboxylic acids is 1. The maximum atomic E-state index is 11.2. The Morgan fingerprint density at radius 2 is 2.28 bits per heavy atom. The van der Waals surface area contributed by atoms with Gasteiger partial charge in [0.15, 0.2) is 0 Å². The normalized spacial score (nSPS) is 15.6. The van der Waals surface area contributed by atoms with Crippen LogP contribution in [-0.2, 0) is 33.2 Å². The number of aryl methyl sites for hydroxylation is 1. The van der Waals surface area contributed by atoms with Crippen molar-refractivity contribution in [3.63, 3.8) is 0 Å². The molecule has 134 valence electrons. The zero-order valence-electron chi connectivity index (χ0n) is 14.1. The maximum Gasteiger partial charge on any atom is 0.306 e. The summed E-state index contributed by atoms with van der Waals surface area (Å²) in [6.07, 6.45) is 2.74. The van der Waals surface area contributed by atoms with Crippen molar-refractivity contribution in [2.45, 2.75) is 23.3 Å². The molecule has 7 nitrogen and oxygen atoms in total. The van der Waals surface area contributed by atoms with E-state index in [2.05, 4.69) is 19.9 Å². The van der Waals surface area contributed by atoms with Crippen LogP contribution < -0.4 is 0 Å². The lowest BCUT2D eigenvalue weighted by Gasteiger charge is -2.41. The predicted octanol–water partition coefficient (Wildman–Crippen LogP) is 2.03. The Morgan fingerprint density at radius 3 is 2.88 bits per heavy atom. The highest BCUT2D eigenvalue weighted by molar-refractivity contribution is 7.99. The first kappa shape index (κ1) is 18.2. The average molecular weight is 383 g/mol. The van der Waals surface area contributed by atoms with E-state index in [4.69, 9.17) is 16.3 Å². The Morgan fingerprint density at radius 1 is 1.48 bits per heavy atom. The Hall–Kier alpha value is -1.64. The summed E-state index contributed by atoms with van der Waals surface area (Å²) in [5.74, 6) is 1.25. The number of halogens is 1. The van der Waals surface area contributed by atoms with Crippen LogP contribution in [0.3, 0.4) is 0 Å². The molecular weight excluding hydrogens is 364 g/mol. The van der Waals surface area contributed by atoms with E-state index in [0.29, 0.717) is 30.5 Å². The lowest BCUT2D eigenvalue weighted by atomic mass is 9.76. The molecule has 2 aromatic heterocycles. The van der Waals surface area contributed by atoms with E-state index in [9.17, 15) is 4.79 Å². The SMILES string of the molecule is COC(=O)CCSc1cc(C2(Cc3nncn3C)COC2)cc(Cl)n1. The van der Waals surface area contributed by atoms with Crippen LogP contribution in [0, 0.1) is 0 Å². The molecule has 0 saturated carbocycles. The first-order valence-electron chi connectivity index (χ1n) is 7.81. The van der Waals surface area contributed by atoms with Gasteiger partial charge in [0.05, 0.1) is 31.8 Å². The molecular formula is C16H19ClN4O3S. The van der Waals surface area contributed by atoms with Crippen molar-refractivity contribution < 1.29 is 14.3 Å². The van der Waals surface area contributed by atoms with E-state index in [-0.39, 0.29) is 11.4 Å². The van der Waals surface area contributed by atoms with Gasteiger partial charge in [0.1, 0.15) is 17.3 Å². The van der Waals surface area contributed by atoms with Crippen LogP contribution in [0.2, 0.25) is 5.15 Å². The van der Waals surface area contributed by atoms with E-state index in [1.807, 2.05) is 23.7 Å². The van der Waals surface area contributed by atoms with Gasteiger partial charge in [-0.1, -0.05) is 11.6 Å². The second kappa shape index (κ2) is 7.72. The average Bonchev–Trinajstić information content (AvgIpc) is 2.95. The number of nitrogens with zero attached hydrogens (tertiary/aromatic N) is 4. The zero-order chi connectivity index (χ0) is 17.9. The molecule has 0 unspecified atom stereocenters. The number of hydrogen-bond donors (Lipinski definition) is 0. The van der Waals surface area contributed by atoms with Gasteiger partial charge in [-0.3, -0.25) is 4.79 Å². The van der Waals surface area contributed by atoms with Crippen LogP contribution in [0.5, 0.6) is 0 Å². The monoisotopic (exact) mass is 382 g/mol. The van der Waals surface area contributed by atoms with E-state index in [0.717, 1.165) is 22.8 Å². The minimum absolute atomic E-state index is 0.176. The van der Waals surface area contributed by atoms with Crippen molar-refractivity contribution in [3.05, 3.63) is 35.0 Å². The Labute approximate surface area is 155 Å². The number of ether oxygens (including phenoxy) is 2. The number of carbonyl (C=O) groups is 1. The number of methoxy groups -OCH3 is 1. The van der Waals surface area contributed by atoms with Gasteiger partial charge >= 0.3 is 5.97 Å². The quantitative estimate of drug-likeness (QED) is 0.412. The van der Waals surface area contributed by atoms with Crippen molar-refractivity contribution in [3.8, 4) is 0 Å². The molecule has 3 heterocycles. The number of thioether (sulfide) groups is 1. The van der Waals surface area contributed by atoms with Crippen LogP contribution in [0.1, 0.15) is 17.8 Å². The Balaban J connectivity index is 1.78. The summed E-state index contributed by atoms with van der Waals surface area (Å²) in [6.45, 7) is 1.21. The second-order valence-electron chi connectivity index (χ2n) is 6.00. The molecule has 0 aliphatic carbocycles. The van der Waals surface area contributed by atoms with Gasteiger partial charge in [-0.05, 0) is 17.7 Å². The molecule has 0 N–H and O–H groups in total. The van der Waals surface area contributed by atoms with Gasteiger partial charge in [0.25, 0.3) is 0 Å². The fraction of sp³-hybridized carbons (Fsp3) is 0.500. The van der Waals surface area contributed by atoms with Crippen molar-refractivity contribution >= 4 is 29.3 Å². The number of hydrogen-bond acceptors (Lipinski definition) is 7. The molecule has 9 heteroatoms. The molecule has 1 saturated heterocycles. The maximum absolute atomic E-state index is 11.2. The molecule has 0 spiro atoms. The molecule has 0 radical (unpaired) electrons. The molecule has 25 heavy (non-hydrogen) atoms. The largest absolute Gasteiger partial charge is 0.469 e. The minimum Gasteiger partial charge on any atom is -0.469 e. The molecule has 2 aromatic rings. The number of esters is 1. The summed E-state index contributed by atoms with van der Waals surface area (Å²) in [5.41, 5.74) is 0.896. The van der Waals surface area contributed by atoms with E-state index >= 15 is 0 Å². The molecule has 1 fully saturated rings. The smallest absolute Gasteiger partial charge is 0.306 e. The molecule has 0 aromatic carbocycles. The summed E-state index contributed by atoms with van der Waals surface area (Å²) < 4.78 is 12.1. The highest BCUT2D eigenvalue weighted by Crippen LogP contribution is 2.37. The third-order valence-electron chi connectivity index (χ3n) is 4.23. The van der Waals surface area contributed by atoms with Crippen molar-refractivity contribution in [2.75, 3.05) is 26.1 Å². The van der Waals surface area contributed by atoms with E-state index in [1.165, 1.54) is 18.9 Å². The standard InChI is InChI=1S/C16H19ClN4O3S/c1-21-10-18-20-13(21)7-16(8-24-9-16)11-5-12(17)19-14(6-11)25-4-3-15(22)23-2/h5-6,10H,3-4,7-9H2,1-2H3. The highest BCUT2D eigenvalue weighted by atomic mass is 35.5. The Kier molecular flexibility index (Phi) is 5.61. The summed E-state index contributed by atoms with van der Waals surface area (Å²) in [4.78, 5) is 15.6. The second-order valence-corrected chi connectivity index (χ2v) is 7.50. The van der Waals surface area contributed by atoms with Crippen molar-refractivity contribution in [1.82, 2.24) is 19.7 Å². The third kappa shape index (κ3) is 4.13. The van der Waals surface area contributed by atoms with Gasteiger partial charge in [-0.15, -0.1) is 22.0 Å². The lowest BCUT2D eigenvalue weighted by Crippen LogP contribution is -2.49. The number of pyridine rings is 1. The zero-order valence-corrected chi connectivity index (χ0v) is 15.6. The van der Waals surface area contributed by atoms with Gasteiger partial charge in [-0.2, -0.15) is 0 Å². The number of aromatic nitrogens is 4. The van der Waals surface area contributed by atoms with Crippen molar-refractivity contribution in [2.24, 2.45) is 7.05 Å².